The number of piperidine rings is 1. The van der Waals surface area contributed by atoms with Crippen LogP contribution in [0, 0.1) is 12.8 Å². The molecule has 5 nitrogen and oxygen atoms in total. The number of aryl methyl sites for hydroxylation is 1. The van der Waals surface area contributed by atoms with Crippen molar-refractivity contribution in [2.24, 2.45) is 5.92 Å². The summed E-state index contributed by atoms with van der Waals surface area (Å²) in [6.45, 7) is 2.77. The van der Waals surface area contributed by atoms with Gasteiger partial charge in [-0.05, 0) is 43.5 Å². The second-order valence-electron chi connectivity index (χ2n) is 5.11. The van der Waals surface area contributed by atoms with Gasteiger partial charge >= 0.3 is 5.97 Å². The van der Waals surface area contributed by atoms with Crippen molar-refractivity contribution in [2.75, 3.05) is 20.2 Å². The average Bonchev–Trinajstić information content (AvgIpc) is 2.46. The van der Waals surface area contributed by atoms with Gasteiger partial charge in [-0.1, -0.05) is 0 Å². The van der Waals surface area contributed by atoms with Crippen molar-refractivity contribution in [1.29, 1.82) is 0 Å². The molecule has 1 N–H and O–H groups in total. The first-order valence-corrected chi connectivity index (χ1v) is 6.69. The van der Waals surface area contributed by atoms with Crippen LogP contribution in [0.1, 0.15) is 28.8 Å². The van der Waals surface area contributed by atoms with E-state index in [0.717, 1.165) is 12.0 Å². The van der Waals surface area contributed by atoms with Crippen molar-refractivity contribution in [3.8, 4) is 5.75 Å². The number of carboxylic acids is 1. The predicted octanol–water partition coefficient (Wildman–Crippen LogP) is 1.94. The summed E-state index contributed by atoms with van der Waals surface area (Å²) in [6, 6.07) is 5.30. The van der Waals surface area contributed by atoms with Crippen molar-refractivity contribution in [3.05, 3.63) is 29.3 Å². The van der Waals surface area contributed by atoms with E-state index in [9.17, 15) is 9.59 Å². The van der Waals surface area contributed by atoms with Crippen molar-refractivity contribution >= 4 is 11.9 Å². The molecule has 0 bridgehead atoms. The highest BCUT2D eigenvalue weighted by Gasteiger charge is 2.29. The number of aliphatic carboxylic acids is 1. The Labute approximate surface area is 118 Å². The summed E-state index contributed by atoms with van der Waals surface area (Å²) in [6.07, 6.45) is 1.37. The van der Waals surface area contributed by atoms with Crippen molar-refractivity contribution in [1.82, 2.24) is 4.90 Å². The van der Waals surface area contributed by atoms with Gasteiger partial charge in [0, 0.05) is 18.7 Å². The first kappa shape index (κ1) is 14.4. The van der Waals surface area contributed by atoms with Gasteiger partial charge in [-0.25, -0.2) is 0 Å². The topological polar surface area (TPSA) is 66.8 Å². The molecular weight excluding hydrogens is 258 g/mol. The molecule has 5 heteroatoms. The molecular formula is C15H19NO4. The lowest BCUT2D eigenvalue weighted by Crippen LogP contribution is -2.42. The molecule has 0 saturated carbocycles. The molecule has 108 valence electrons. The first-order chi connectivity index (χ1) is 9.52. The Morgan fingerprint density at radius 3 is 2.75 bits per heavy atom. The molecule has 20 heavy (non-hydrogen) atoms. The van der Waals surface area contributed by atoms with Gasteiger partial charge in [0.25, 0.3) is 5.91 Å². The molecule has 1 aromatic rings. The number of ether oxygens (including phenoxy) is 1. The molecule has 0 radical (unpaired) electrons. The van der Waals surface area contributed by atoms with E-state index in [1.165, 1.54) is 0 Å². The van der Waals surface area contributed by atoms with Crippen molar-refractivity contribution in [2.45, 2.75) is 19.8 Å². The number of benzene rings is 1. The van der Waals surface area contributed by atoms with E-state index >= 15 is 0 Å². The number of rotatable bonds is 3. The molecule has 0 aliphatic carbocycles. The number of nitrogens with zero attached hydrogens (tertiary/aromatic N) is 1. The van der Waals surface area contributed by atoms with E-state index in [2.05, 4.69) is 0 Å². The number of hydrogen-bond donors (Lipinski definition) is 1. The lowest BCUT2D eigenvalue weighted by molar-refractivity contribution is -0.143. The number of hydrogen-bond acceptors (Lipinski definition) is 3. The van der Waals surface area contributed by atoms with Gasteiger partial charge in [0.05, 0.1) is 13.0 Å². The summed E-state index contributed by atoms with van der Waals surface area (Å²) < 4.78 is 5.12. The highest BCUT2D eigenvalue weighted by atomic mass is 16.5. The summed E-state index contributed by atoms with van der Waals surface area (Å²) >= 11 is 0. The quantitative estimate of drug-likeness (QED) is 0.917. The molecule has 0 aromatic heterocycles. The average molecular weight is 277 g/mol. The molecule has 0 spiro atoms. The molecule has 1 aliphatic rings. The van der Waals surface area contributed by atoms with Crippen LogP contribution < -0.4 is 4.74 Å². The van der Waals surface area contributed by atoms with Gasteiger partial charge in [-0.3, -0.25) is 9.59 Å². The Hall–Kier alpha value is -2.04. The maximum Gasteiger partial charge on any atom is 0.308 e. The van der Waals surface area contributed by atoms with Gasteiger partial charge in [0.15, 0.2) is 0 Å². The van der Waals surface area contributed by atoms with E-state index < -0.39 is 11.9 Å². The van der Waals surface area contributed by atoms with Crippen LogP contribution in [0.25, 0.3) is 0 Å². The molecule has 1 unspecified atom stereocenters. The van der Waals surface area contributed by atoms with Crippen LogP contribution in [0.2, 0.25) is 0 Å². The van der Waals surface area contributed by atoms with E-state index in [0.29, 0.717) is 30.8 Å². The van der Waals surface area contributed by atoms with Crippen LogP contribution in [0.5, 0.6) is 5.75 Å². The van der Waals surface area contributed by atoms with Gasteiger partial charge in [0.1, 0.15) is 5.75 Å². The third-order valence-corrected chi connectivity index (χ3v) is 3.72. The molecule has 1 amide bonds. The van der Waals surface area contributed by atoms with Crippen LogP contribution in [-0.2, 0) is 4.79 Å². The highest BCUT2D eigenvalue weighted by Crippen LogP contribution is 2.22. The van der Waals surface area contributed by atoms with E-state index in [1.807, 2.05) is 13.0 Å². The fourth-order valence-electron chi connectivity index (χ4n) is 2.54. The highest BCUT2D eigenvalue weighted by molar-refractivity contribution is 5.96. The Bertz CT molecular complexity index is 527. The fourth-order valence-corrected chi connectivity index (χ4v) is 2.54. The fraction of sp³-hybridized carbons (Fsp3) is 0.467. The van der Waals surface area contributed by atoms with Gasteiger partial charge < -0.3 is 14.7 Å². The van der Waals surface area contributed by atoms with Crippen molar-refractivity contribution in [3.63, 3.8) is 0 Å². The zero-order chi connectivity index (χ0) is 14.7. The van der Waals surface area contributed by atoms with Crippen LogP contribution >= 0.6 is 0 Å². The minimum Gasteiger partial charge on any atom is -0.497 e. The summed E-state index contributed by atoms with van der Waals surface area (Å²) in [4.78, 5) is 25.2. The second-order valence-corrected chi connectivity index (χ2v) is 5.11. The molecule has 2 rings (SSSR count). The zero-order valence-corrected chi connectivity index (χ0v) is 11.8. The smallest absolute Gasteiger partial charge is 0.308 e. The summed E-state index contributed by atoms with van der Waals surface area (Å²) in [7, 11) is 1.58. The maximum absolute atomic E-state index is 12.5. The lowest BCUT2D eigenvalue weighted by atomic mass is 9.97. The minimum atomic E-state index is -0.825. The van der Waals surface area contributed by atoms with E-state index in [1.54, 1.807) is 24.1 Å². The lowest BCUT2D eigenvalue weighted by Gasteiger charge is -2.31. The molecule has 1 saturated heterocycles. The Balaban J connectivity index is 2.16. The second kappa shape index (κ2) is 5.94. The van der Waals surface area contributed by atoms with Crippen LogP contribution in [-0.4, -0.2) is 42.1 Å². The first-order valence-electron chi connectivity index (χ1n) is 6.69. The predicted molar refractivity (Wildman–Crippen MR) is 74.0 cm³/mol. The normalized spacial score (nSPS) is 18.7. The largest absolute Gasteiger partial charge is 0.497 e. The Morgan fingerprint density at radius 2 is 2.15 bits per heavy atom. The molecule has 1 aromatic carbocycles. The summed E-state index contributed by atoms with van der Waals surface area (Å²) in [5.41, 5.74) is 1.45. The molecule has 1 aliphatic heterocycles. The summed E-state index contributed by atoms with van der Waals surface area (Å²) in [5, 5.41) is 9.08. The molecule has 1 atom stereocenters. The summed E-state index contributed by atoms with van der Waals surface area (Å²) in [5.74, 6) is -0.669. The number of carbonyl (C=O) groups is 2. The van der Waals surface area contributed by atoms with Crippen molar-refractivity contribution < 1.29 is 19.4 Å². The number of carboxylic acid groups (broad SMARTS) is 1. The molecule has 1 heterocycles. The van der Waals surface area contributed by atoms with Gasteiger partial charge in [-0.15, -0.1) is 0 Å². The van der Waals surface area contributed by atoms with E-state index in [4.69, 9.17) is 9.84 Å². The van der Waals surface area contributed by atoms with Crippen LogP contribution in [0.3, 0.4) is 0 Å². The Kier molecular flexibility index (Phi) is 4.27. The number of amides is 1. The maximum atomic E-state index is 12.5. The number of carbonyl (C=O) groups excluding carboxylic acids is 1. The Morgan fingerprint density at radius 1 is 1.40 bits per heavy atom. The zero-order valence-electron chi connectivity index (χ0n) is 11.8. The number of likely N-dealkylation sites (tertiary alicyclic amines) is 1. The SMILES string of the molecule is COc1ccc(C(=O)N2CCCC(C(=O)O)C2)c(C)c1. The molecule has 1 fully saturated rings. The standard InChI is InChI=1S/C15H19NO4/c1-10-8-12(20-2)5-6-13(10)14(17)16-7-3-4-11(9-16)15(18)19/h5-6,8,11H,3-4,7,9H2,1-2H3,(H,18,19). The van der Waals surface area contributed by atoms with Gasteiger partial charge in [-0.2, -0.15) is 0 Å². The third-order valence-electron chi connectivity index (χ3n) is 3.72. The third kappa shape index (κ3) is 2.92. The van der Waals surface area contributed by atoms with Crippen LogP contribution in [0.4, 0.5) is 0 Å². The monoisotopic (exact) mass is 277 g/mol. The minimum absolute atomic E-state index is 0.101. The van der Waals surface area contributed by atoms with Gasteiger partial charge in [0.2, 0.25) is 0 Å². The number of methoxy groups -OCH3 is 1. The van der Waals surface area contributed by atoms with Crippen LogP contribution in [0.15, 0.2) is 18.2 Å². The van der Waals surface area contributed by atoms with E-state index in [-0.39, 0.29) is 5.91 Å².